The Morgan fingerprint density at radius 1 is 0.818 bits per heavy atom. The van der Waals surface area contributed by atoms with Gasteiger partial charge in [-0.1, -0.05) is 116 Å². The molecule has 1 unspecified atom stereocenters. The first-order chi connectivity index (χ1) is 15.6. The van der Waals surface area contributed by atoms with Gasteiger partial charge >= 0.3 is 0 Å². The highest BCUT2D eigenvalue weighted by atomic mass is 28.4. The van der Waals surface area contributed by atoms with Crippen LogP contribution >= 0.6 is 0 Å². The fraction of sp³-hybridized carbons (Fsp3) is 0.500. The SMILES string of the molecule is CCCCCCc1c2c(nc3ccccc13)C(c1ccccc1)O[Si]2(C(C)(C)C)C(C)(C)C. The molecule has 4 rings (SSSR count). The van der Waals surface area contributed by atoms with Gasteiger partial charge in [0, 0.05) is 5.39 Å². The van der Waals surface area contributed by atoms with Gasteiger partial charge in [-0.25, -0.2) is 4.98 Å². The molecule has 1 aliphatic heterocycles. The summed E-state index contributed by atoms with van der Waals surface area (Å²) in [6.45, 7) is 16.7. The summed E-state index contributed by atoms with van der Waals surface area (Å²) >= 11 is 0. The second-order valence-corrected chi connectivity index (χ2v) is 16.9. The van der Waals surface area contributed by atoms with Crippen molar-refractivity contribution in [3.63, 3.8) is 0 Å². The molecular formula is C30H41NOSi. The van der Waals surface area contributed by atoms with Crippen LogP contribution in [0.2, 0.25) is 10.1 Å². The Morgan fingerprint density at radius 2 is 1.45 bits per heavy atom. The Labute approximate surface area is 201 Å². The van der Waals surface area contributed by atoms with E-state index < -0.39 is 8.32 Å². The average molecular weight is 460 g/mol. The molecule has 0 aliphatic carbocycles. The van der Waals surface area contributed by atoms with Crippen molar-refractivity contribution in [1.82, 2.24) is 4.98 Å². The van der Waals surface area contributed by atoms with Crippen LogP contribution < -0.4 is 5.19 Å². The van der Waals surface area contributed by atoms with Gasteiger partial charge < -0.3 is 4.43 Å². The van der Waals surface area contributed by atoms with Crippen LogP contribution in [-0.2, 0) is 10.8 Å². The van der Waals surface area contributed by atoms with Crippen molar-refractivity contribution in [2.24, 2.45) is 0 Å². The molecule has 176 valence electrons. The van der Waals surface area contributed by atoms with Crippen molar-refractivity contribution in [3.8, 4) is 0 Å². The number of unbranched alkanes of at least 4 members (excludes halogenated alkanes) is 3. The van der Waals surface area contributed by atoms with Gasteiger partial charge in [-0.3, -0.25) is 0 Å². The van der Waals surface area contributed by atoms with E-state index in [2.05, 4.69) is 103 Å². The molecule has 0 N–H and O–H groups in total. The van der Waals surface area contributed by atoms with Crippen LogP contribution in [-0.4, -0.2) is 13.3 Å². The monoisotopic (exact) mass is 459 g/mol. The van der Waals surface area contributed by atoms with Crippen LogP contribution in [0.4, 0.5) is 0 Å². The smallest absolute Gasteiger partial charge is 0.238 e. The summed E-state index contributed by atoms with van der Waals surface area (Å²) in [5.41, 5.74) is 5.03. The summed E-state index contributed by atoms with van der Waals surface area (Å²) in [6, 6.07) is 19.5. The van der Waals surface area contributed by atoms with E-state index in [1.54, 1.807) is 0 Å². The Bertz CT molecular complexity index is 1090. The molecular weight excluding hydrogens is 418 g/mol. The summed E-state index contributed by atoms with van der Waals surface area (Å²) in [4.78, 5) is 5.35. The predicted octanol–water partition coefficient (Wildman–Crippen LogP) is 8.23. The first-order valence-electron chi connectivity index (χ1n) is 12.8. The maximum absolute atomic E-state index is 7.45. The molecule has 0 fully saturated rings. The van der Waals surface area contributed by atoms with Crippen LogP contribution in [0.3, 0.4) is 0 Å². The highest BCUT2D eigenvalue weighted by Gasteiger charge is 2.63. The number of aryl methyl sites for hydroxylation is 1. The first-order valence-corrected chi connectivity index (χ1v) is 14.7. The molecule has 0 saturated heterocycles. The largest absolute Gasteiger partial charge is 0.399 e. The zero-order valence-corrected chi connectivity index (χ0v) is 22.7. The number of fused-ring (bicyclic) bond motifs is 2. The Balaban J connectivity index is 2.05. The van der Waals surface area contributed by atoms with Crippen LogP contribution in [0.15, 0.2) is 54.6 Å². The molecule has 1 aliphatic rings. The molecule has 0 radical (unpaired) electrons. The number of nitrogens with zero attached hydrogens (tertiary/aromatic N) is 1. The van der Waals surface area contributed by atoms with Gasteiger partial charge in [-0.05, 0) is 45.3 Å². The van der Waals surface area contributed by atoms with E-state index in [4.69, 9.17) is 9.41 Å². The zero-order valence-electron chi connectivity index (χ0n) is 21.7. The molecule has 2 heterocycles. The topological polar surface area (TPSA) is 22.1 Å². The summed E-state index contributed by atoms with van der Waals surface area (Å²) in [7, 11) is -2.49. The molecule has 0 bridgehead atoms. The maximum atomic E-state index is 7.45. The maximum Gasteiger partial charge on any atom is 0.238 e. The minimum absolute atomic E-state index is 0.0336. The van der Waals surface area contributed by atoms with Gasteiger partial charge in [0.1, 0.15) is 6.10 Å². The van der Waals surface area contributed by atoms with E-state index in [0.29, 0.717) is 0 Å². The molecule has 0 saturated carbocycles. The van der Waals surface area contributed by atoms with Crippen molar-refractivity contribution in [2.45, 2.75) is 96.8 Å². The van der Waals surface area contributed by atoms with Gasteiger partial charge in [-0.15, -0.1) is 0 Å². The van der Waals surface area contributed by atoms with Crippen LogP contribution in [0.5, 0.6) is 0 Å². The highest BCUT2D eigenvalue weighted by molar-refractivity contribution is 6.92. The van der Waals surface area contributed by atoms with Gasteiger partial charge in [0.05, 0.1) is 11.2 Å². The predicted molar refractivity (Wildman–Crippen MR) is 144 cm³/mol. The number of hydrogen-bond donors (Lipinski definition) is 0. The minimum atomic E-state index is -2.49. The Hall–Kier alpha value is -1.97. The van der Waals surface area contributed by atoms with E-state index >= 15 is 0 Å². The second-order valence-electron chi connectivity index (χ2n) is 11.8. The van der Waals surface area contributed by atoms with Crippen molar-refractivity contribution >= 4 is 24.4 Å². The summed E-state index contributed by atoms with van der Waals surface area (Å²) < 4.78 is 7.45. The minimum Gasteiger partial charge on any atom is -0.399 e. The van der Waals surface area contributed by atoms with Crippen molar-refractivity contribution in [1.29, 1.82) is 0 Å². The van der Waals surface area contributed by atoms with Gasteiger partial charge in [-0.2, -0.15) is 0 Å². The number of benzene rings is 2. The Morgan fingerprint density at radius 3 is 2.09 bits per heavy atom. The molecule has 2 nitrogen and oxygen atoms in total. The highest BCUT2D eigenvalue weighted by Crippen LogP contribution is 2.57. The third-order valence-electron chi connectivity index (χ3n) is 7.42. The fourth-order valence-electron chi connectivity index (χ4n) is 6.25. The van der Waals surface area contributed by atoms with Crippen molar-refractivity contribution in [2.75, 3.05) is 0 Å². The molecule has 1 atom stereocenters. The van der Waals surface area contributed by atoms with Gasteiger partial charge in [0.15, 0.2) is 0 Å². The number of hydrogen-bond acceptors (Lipinski definition) is 2. The van der Waals surface area contributed by atoms with Crippen molar-refractivity contribution < 1.29 is 4.43 Å². The van der Waals surface area contributed by atoms with Gasteiger partial charge in [0.25, 0.3) is 0 Å². The lowest BCUT2D eigenvalue weighted by atomic mass is 9.98. The quantitative estimate of drug-likeness (QED) is 0.273. The lowest BCUT2D eigenvalue weighted by molar-refractivity contribution is 0.220. The first kappa shape index (κ1) is 24.2. The standard InChI is InChI=1S/C30H41NOSi/c1-8-9-10-14-20-24-23-19-15-16-21-25(23)31-26-27(22-17-12-11-13-18-22)32-33(28(24)26,29(2,3)4)30(5,6)7/h11-13,15-19,21,27H,8-10,14,20H2,1-7H3. The summed E-state index contributed by atoms with van der Waals surface area (Å²) in [6.07, 6.45) is 6.09. The lowest BCUT2D eigenvalue weighted by Gasteiger charge is -2.49. The molecule has 1 aromatic heterocycles. The third-order valence-corrected chi connectivity index (χ3v) is 13.5. The molecule has 3 aromatic rings. The molecule has 2 aromatic carbocycles. The summed E-state index contributed by atoms with van der Waals surface area (Å²) in [5, 5.41) is 2.89. The van der Waals surface area contributed by atoms with Crippen LogP contribution in [0.25, 0.3) is 10.9 Å². The fourth-order valence-corrected chi connectivity index (χ4v) is 12.7. The van der Waals surface area contributed by atoms with Crippen LogP contribution in [0, 0.1) is 0 Å². The number of rotatable bonds is 6. The van der Waals surface area contributed by atoms with E-state index in [1.165, 1.54) is 53.1 Å². The summed E-state index contributed by atoms with van der Waals surface area (Å²) in [5.74, 6) is 0. The van der Waals surface area contributed by atoms with Crippen molar-refractivity contribution in [3.05, 3.63) is 71.4 Å². The second kappa shape index (κ2) is 9.00. The Kier molecular flexibility index (Phi) is 6.59. The molecule has 3 heteroatoms. The van der Waals surface area contributed by atoms with Crippen LogP contribution in [0.1, 0.15) is 97.1 Å². The van der Waals surface area contributed by atoms with E-state index in [-0.39, 0.29) is 16.2 Å². The number of para-hydroxylation sites is 1. The third kappa shape index (κ3) is 4.08. The average Bonchev–Trinajstić information content (AvgIpc) is 3.13. The molecule has 33 heavy (non-hydrogen) atoms. The number of aromatic nitrogens is 1. The zero-order chi connectivity index (χ0) is 23.9. The van der Waals surface area contributed by atoms with Gasteiger partial charge in [0.2, 0.25) is 8.32 Å². The van der Waals surface area contributed by atoms with E-state index in [0.717, 1.165) is 11.9 Å². The number of pyridine rings is 1. The molecule has 0 amide bonds. The van der Waals surface area contributed by atoms with E-state index in [1.807, 2.05) is 0 Å². The normalized spacial score (nSPS) is 18.0. The lowest BCUT2D eigenvalue weighted by Crippen LogP contribution is -2.62. The molecule has 0 spiro atoms. The van der Waals surface area contributed by atoms with E-state index in [9.17, 15) is 0 Å².